The topological polar surface area (TPSA) is 68.2 Å². The van der Waals surface area contributed by atoms with Gasteiger partial charge in [-0.2, -0.15) is 0 Å². The van der Waals surface area contributed by atoms with E-state index in [0.717, 1.165) is 11.1 Å². The SMILES string of the molecule is C[C@H]1O[C@H](O)[C@@H](OCc2ccccc2)[C@@H](O)[C@@H]1OCc1ccccc1. The van der Waals surface area contributed by atoms with Crippen molar-refractivity contribution in [1.82, 2.24) is 0 Å². The van der Waals surface area contributed by atoms with Gasteiger partial charge in [0, 0.05) is 0 Å². The zero-order chi connectivity index (χ0) is 17.6. The van der Waals surface area contributed by atoms with Crippen molar-refractivity contribution >= 4 is 0 Å². The van der Waals surface area contributed by atoms with Gasteiger partial charge in [-0.15, -0.1) is 0 Å². The van der Waals surface area contributed by atoms with Gasteiger partial charge in [0.15, 0.2) is 6.29 Å². The molecule has 0 radical (unpaired) electrons. The summed E-state index contributed by atoms with van der Waals surface area (Å²) in [5, 5.41) is 20.8. The molecule has 2 N–H and O–H groups in total. The lowest BCUT2D eigenvalue weighted by Gasteiger charge is -2.41. The van der Waals surface area contributed by atoms with Gasteiger partial charge < -0.3 is 24.4 Å². The summed E-state index contributed by atoms with van der Waals surface area (Å²) < 4.78 is 17.1. The van der Waals surface area contributed by atoms with Gasteiger partial charge in [-0.25, -0.2) is 0 Å². The molecule has 1 fully saturated rings. The Morgan fingerprint density at radius 3 is 1.80 bits per heavy atom. The van der Waals surface area contributed by atoms with Crippen molar-refractivity contribution in [2.45, 2.75) is 50.8 Å². The Morgan fingerprint density at radius 1 is 0.800 bits per heavy atom. The molecule has 0 bridgehead atoms. The zero-order valence-corrected chi connectivity index (χ0v) is 14.2. The fourth-order valence-corrected chi connectivity index (χ4v) is 2.96. The maximum absolute atomic E-state index is 10.6. The molecular weight excluding hydrogens is 320 g/mol. The van der Waals surface area contributed by atoms with Crippen molar-refractivity contribution in [3.63, 3.8) is 0 Å². The van der Waals surface area contributed by atoms with Gasteiger partial charge in [0.1, 0.15) is 18.3 Å². The molecular formula is C20H24O5. The number of rotatable bonds is 6. The Balaban J connectivity index is 1.61. The van der Waals surface area contributed by atoms with Crippen molar-refractivity contribution in [3.05, 3.63) is 71.8 Å². The van der Waals surface area contributed by atoms with Crippen LogP contribution in [-0.4, -0.2) is 40.9 Å². The van der Waals surface area contributed by atoms with Gasteiger partial charge in [0.05, 0.1) is 19.3 Å². The van der Waals surface area contributed by atoms with Crippen LogP contribution in [0, 0.1) is 0 Å². The number of aliphatic hydroxyl groups is 2. The molecule has 0 spiro atoms. The third-order valence-corrected chi connectivity index (χ3v) is 4.34. The first-order valence-corrected chi connectivity index (χ1v) is 8.48. The van der Waals surface area contributed by atoms with Gasteiger partial charge in [-0.1, -0.05) is 60.7 Å². The summed E-state index contributed by atoms with van der Waals surface area (Å²) in [4.78, 5) is 0. The fraction of sp³-hybridized carbons (Fsp3) is 0.400. The van der Waals surface area contributed by atoms with Crippen molar-refractivity contribution in [2.24, 2.45) is 0 Å². The van der Waals surface area contributed by atoms with Gasteiger partial charge in [0.2, 0.25) is 0 Å². The largest absolute Gasteiger partial charge is 0.387 e. The summed E-state index contributed by atoms with van der Waals surface area (Å²) in [6.45, 7) is 2.41. The van der Waals surface area contributed by atoms with Crippen LogP contribution in [0.3, 0.4) is 0 Å². The molecule has 1 aliphatic rings. The summed E-state index contributed by atoms with van der Waals surface area (Å²) in [6.07, 6.45) is -4.05. The molecule has 0 amide bonds. The molecule has 1 heterocycles. The number of ether oxygens (including phenoxy) is 3. The molecule has 0 aromatic heterocycles. The third kappa shape index (κ3) is 4.66. The maximum atomic E-state index is 10.6. The molecule has 1 aliphatic heterocycles. The molecule has 0 unspecified atom stereocenters. The Kier molecular flexibility index (Phi) is 6.18. The first-order valence-electron chi connectivity index (χ1n) is 8.48. The predicted octanol–water partition coefficient (Wildman–Crippen LogP) is 2.26. The van der Waals surface area contributed by atoms with E-state index in [1.165, 1.54) is 0 Å². The monoisotopic (exact) mass is 344 g/mol. The number of benzene rings is 2. The standard InChI is InChI=1S/C20H24O5/c1-14-18(23-12-15-8-4-2-5-9-15)17(21)19(20(22)25-14)24-13-16-10-6-3-7-11-16/h2-11,14,17-22H,12-13H2,1H3/t14-,17+,18-,19+,20+/m1/s1. The molecule has 2 aromatic rings. The second kappa shape index (κ2) is 8.56. The first-order chi connectivity index (χ1) is 12.1. The molecule has 5 heteroatoms. The predicted molar refractivity (Wildman–Crippen MR) is 92.6 cm³/mol. The van der Waals surface area contributed by atoms with Gasteiger partial charge >= 0.3 is 0 Å². The first kappa shape index (κ1) is 18.0. The Labute approximate surface area is 147 Å². The van der Waals surface area contributed by atoms with Crippen LogP contribution in [0.15, 0.2) is 60.7 Å². The van der Waals surface area contributed by atoms with E-state index in [2.05, 4.69) is 0 Å². The molecule has 0 aliphatic carbocycles. The molecule has 2 aromatic carbocycles. The van der Waals surface area contributed by atoms with Crippen molar-refractivity contribution < 1.29 is 24.4 Å². The molecule has 134 valence electrons. The zero-order valence-electron chi connectivity index (χ0n) is 14.2. The number of aliphatic hydroxyl groups excluding tert-OH is 2. The summed E-state index contributed by atoms with van der Waals surface area (Å²) in [5.41, 5.74) is 1.97. The van der Waals surface area contributed by atoms with E-state index in [9.17, 15) is 10.2 Å². The second-order valence-electron chi connectivity index (χ2n) is 6.24. The van der Waals surface area contributed by atoms with Crippen LogP contribution in [0.2, 0.25) is 0 Å². The normalized spacial score (nSPS) is 29.5. The molecule has 5 nitrogen and oxygen atoms in total. The minimum absolute atomic E-state index is 0.281. The minimum Gasteiger partial charge on any atom is -0.387 e. The Bertz CT molecular complexity index is 578. The quantitative estimate of drug-likeness (QED) is 0.841. The van der Waals surface area contributed by atoms with Crippen LogP contribution in [0.1, 0.15) is 18.1 Å². The fourth-order valence-electron chi connectivity index (χ4n) is 2.96. The van der Waals surface area contributed by atoms with Gasteiger partial charge in [0.25, 0.3) is 0 Å². The lowest BCUT2D eigenvalue weighted by atomic mass is 9.99. The lowest BCUT2D eigenvalue weighted by molar-refractivity contribution is -0.298. The van der Waals surface area contributed by atoms with Crippen LogP contribution >= 0.6 is 0 Å². The number of hydrogen-bond donors (Lipinski definition) is 2. The highest BCUT2D eigenvalue weighted by Crippen LogP contribution is 2.26. The summed E-state index contributed by atoms with van der Waals surface area (Å²) >= 11 is 0. The summed E-state index contributed by atoms with van der Waals surface area (Å²) in [7, 11) is 0. The maximum Gasteiger partial charge on any atom is 0.184 e. The average Bonchev–Trinajstić information content (AvgIpc) is 2.63. The lowest BCUT2D eigenvalue weighted by Crippen LogP contribution is -2.58. The Morgan fingerprint density at radius 2 is 1.28 bits per heavy atom. The van der Waals surface area contributed by atoms with Crippen molar-refractivity contribution in [1.29, 1.82) is 0 Å². The number of hydrogen-bond acceptors (Lipinski definition) is 5. The van der Waals surface area contributed by atoms with Crippen LogP contribution in [-0.2, 0) is 27.4 Å². The highest BCUT2D eigenvalue weighted by atomic mass is 16.7. The second-order valence-corrected chi connectivity index (χ2v) is 6.24. The highest BCUT2D eigenvalue weighted by Gasteiger charge is 2.44. The van der Waals surface area contributed by atoms with Crippen molar-refractivity contribution in [2.75, 3.05) is 0 Å². The van der Waals surface area contributed by atoms with Crippen LogP contribution in [0.4, 0.5) is 0 Å². The molecule has 5 atom stereocenters. The summed E-state index contributed by atoms with van der Waals surface area (Å²) in [6, 6.07) is 19.3. The molecule has 0 saturated carbocycles. The van der Waals surface area contributed by atoms with E-state index < -0.39 is 30.7 Å². The smallest absolute Gasteiger partial charge is 0.184 e. The molecule has 3 rings (SSSR count). The van der Waals surface area contributed by atoms with Gasteiger partial charge in [-0.3, -0.25) is 0 Å². The van der Waals surface area contributed by atoms with Crippen LogP contribution in [0.5, 0.6) is 0 Å². The minimum atomic E-state index is -1.19. The van der Waals surface area contributed by atoms with E-state index in [1.54, 1.807) is 6.92 Å². The van der Waals surface area contributed by atoms with E-state index >= 15 is 0 Å². The average molecular weight is 344 g/mol. The summed E-state index contributed by atoms with van der Waals surface area (Å²) in [5.74, 6) is 0. The van der Waals surface area contributed by atoms with E-state index in [-0.39, 0.29) is 6.61 Å². The van der Waals surface area contributed by atoms with Crippen molar-refractivity contribution in [3.8, 4) is 0 Å². The van der Waals surface area contributed by atoms with E-state index in [1.807, 2.05) is 60.7 Å². The third-order valence-electron chi connectivity index (χ3n) is 4.34. The van der Waals surface area contributed by atoms with Crippen LogP contribution in [0.25, 0.3) is 0 Å². The molecule has 1 saturated heterocycles. The van der Waals surface area contributed by atoms with Gasteiger partial charge in [-0.05, 0) is 18.1 Å². The van der Waals surface area contributed by atoms with E-state index in [4.69, 9.17) is 14.2 Å². The van der Waals surface area contributed by atoms with Crippen LogP contribution < -0.4 is 0 Å². The highest BCUT2D eigenvalue weighted by molar-refractivity contribution is 5.14. The Hall–Kier alpha value is -1.76. The molecule has 25 heavy (non-hydrogen) atoms. The van der Waals surface area contributed by atoms with E-state index in [0.29, 0.717) is 6.61 Å².